The Hall–Kier alpha value is -2.23. The second-order valence-electron chi connectivity index (χ2n) is 4.26. The third-order valence-electron chi connectivity index (χ3n) is 2.93. The molecule has 0 aliphatic carbocycles. The number of nitrogens with one attached hydrogen (secondary N) is 1. The molecule has 2 nitrogen and oxygen atoms in total. The van der Waals surface area contributed by atoms with E-state index < -0.39 is 11.6 Å². The van der Waals surface area contributed by atoms with E-state index in [-0.39, 0.29) is 5.91 Å². The van der Waals surface area contributed by atoms with E-state index in [1.165, 1.54) is 12.1 Å². The van der Waals surface area contributed by atoms with Gasteiger partial charge in [0.1, 0.15) is 11.6 Å². The van der Waals surface area contributed by atoms with Gasteiger partial charge in [-0.15, -0.1) is 0 Å². The molecule has 90 valence electrons. The lowest BCUT2D eigenvalue weighted by Gasteiger charge is -2.05. The fraction of sp³-hybridized carbons (Fsp3) is 0.0714. The molecule has 0 aromatic heterocycles. The van der Waals surface area contributed by atoms with Crippen molar-refractivity contribution in [1.82, 2.24) is 0 Å². The Morgan fingerprint density at radius 2 is 1.67 bits per heavy atom. The van der Waals surface area contributed by atoms with Crippen LogP contribution in [0.3, 0.4) is 0 Å². The van der Waals surface area contributed by atoms with Gasteiger partial charge in [0.2, 0.25) is 5.91 Å². The molecule has 0 fully saturated rings. The van der Waals surface area contributed by atoms with Crippen LogP contribution in [0.25, 0.3) is 11.1 Å². The highest BCUT2D eigenvalue weighted by atomic mass is 19.1. The zero-order valence-electron chi connectivity index (χ0n) is 9.34. The number of anilines is 1. The van der Waals surface area contributed by atoms with Crippen molar-refractivity contribution < 1.29 is 13.6 Å². The predicted molar refractivity (Wildman–Crippen MR) is 64.1 cm³/mol. The number of amides is 1. The maximum atomic E-state index is 13.1. The number of benzene rings is 2. The molecular formula is C14H9F2NO. The minimum absolute atomic E-state index is 0.0624. The van der Waals surface area contributed by atoms with Crippen molar-refractivity contribution in [2.45, 2.75) is 6.42 Å². The Labute approximate surface area is 102 Å². The molecule has 0 spiro atoms. The van der Waals surface area contributed by atoms with Crippen molar-refractivity contribution in [1.29, 1.82) is 0 Å². The van der Waals surface area contributed by atoms with E-state index in [1.54, 1.807) is 18.2 Å². The van der Waals surface area contributed by atoms with Gasteiger partial charge in [-0.1, -0.05) is 6.07 Å². The molecular weight excluding hydrogens is 236 g/mol. The molecule has 18 heavy (non-hydrogen) atoms. The summed E-state index contributed by atoms with van der Waals surface area (Å²) in [5.74, 6) is -1.29. The fourth-order valence-electron chi connectivity index (χ4n) is 2.13. The molecule has 0 saturated carbocycles. The summed E-state index contributed by atoms with van der Waals surface area (Å²) in [6, 6.07) is 8.64. The maximum Gasteiger partial charge on any atom is 0.228 e. The van der Waals surface area contributed by atoms with Crippen LogP contribution in [-0.4, -0.2) is 5.91 Å². The quantitative estimate of drug-likeness (QED) is 0.821. The van der Waals surface area contributed by atoms with E-state index in [9.17, 15) is 13.6 Å². The molecule has 2 aromatic carbocycles. The van der Waals surface area contributed by atoms with Gasteiger partial charge >= 0.3 is 0 Å². The first-order chi connectivity index (χ1) is 8.61. The summed E-state index contributed by atoms with van der Waals surface area (Å²) in [7, 11) is 0. The number of hydrogen-bond donors (Lipinski definition) is 1. The van der Waals surface area contributed by atoms with Gasteiger partial charge in [0.15, 0.2) is 0 Å². The largest absolute Gasteiger partial charge is 0.326 e. The van der Waals surface area contributed by atoms with Crippen LogP contribution in [0.4, 0.5) is 14.5 Å². The number of hydrogen-bond acceptors (Lipinski definition) is 1. The predicted octanol–water partition coefficient (Wildman–Crippen LogP) is 3.13. The Bertz CT molecular complexity index is 632. The van der Waals surface area contributed by atoms with E-state index in [0.717, 1.165) is 17.3 Å². The molecule has 1 aliphatic heterocycles. The van der Waals surface area contributed by atoms with Gasteiger partial charge in [0.25, 0.3) is 0 Å². The molecule has 0 atom stereocenters. The lowest BCUT2D eigenvalue weighted by Crippen LogP contribution is -2.03. The molecule has 4 heteroatoms. The zero-order chi connectivity index (χ0) is 12.7. The molecule has 2 aromatic rings. The molecule has 3 rings (SSSR count). The van der Waals surface area contributed by atoms with Crippen LogP contribution in [0.1, 0.15) is 5.56 Å². The second kappa shape index (κ2) is 3.91. The van der Waals surface area contributed by atoms with Crippen molar-refractivity contribution in [3.8, 4) is 11.1 Å². The first kappa shape index (κ1) is 10.9. The van der Waals surface area contributed by atoms with Gasteiger partial charge < -0.3 is 5.32 Å². The first-order valence-electron chi connectivity index (χ1n) is 5.51. The third-order valence-corrected chi connectivity index (χ3v) is 2.93. The number of carbonyl (C=O) groups is 1. The molecule has 0 unspecified atom stereocenters. The van der Waals surface area contributed by atoms with Gasteiger partial charge in [-0.3, -0.25) is 4.79 Å². The second-order valence-corrected chi connectivity index (χ2v) is 4.26. The first-order valence-corrected chi connectivity index (χ1v) is 5.51. The number of rotatable bonds is 1. The van der Waals surface area contributed by atoms with E-state index >= 15 is 0 Å². The van der Waals surface area contributed by atoms with Crippen LogP contribution >= 0.6 is 0 Å². The van der Waals surface area contributed by atoms with Crippen molar-refractivity contribution in [3.63, 3.8) is 0 Å². The molecule has 0 radical (unpaired) electrons. The molecule has 0 bridgehead atoms. The molecule has 1 amide bonds. The lowest BCUT2D eigenvalue weighted by atomic mass is 10.0. The minimum atomic E-state index is -0.611. The standard InChI is InChI=1S/C14H9F2NO/c15-11-4-9(5-12(16)7-11)8-1-2-13-10(3-8)6-14(18)17-13/h1-5,7H,6H2,(H,17,18). The summed E-state index contributed by atoms with van der Waals surface area (Å²) >= 11 is 0. The van der Waals surface area contributed by atoms with E-state index in [2.05, 4.69) is 5.32 Å². The molecule has 0 saturated heterocycles. The van der Waals surface area contributed by atoms with Crippen LogP contribution in [-0.2, 0) is 11.2 Å². The monoisotopic (exact) mass is 245 g/mol. The van der Waals surface area contributed by atoms with Crippen molar-refractivity contribution in [3.05, 3.63) is 53.6 Å². The number of carbonyl (C=O) groups excluding carboxylic acids is 1. The average Bonchev–Trinajstić information content (AvgIpc) is 2.66. The lowest BCUT2D eigenvalue weighted by molar-refractivity contribution is -0.115. The highest BCUT2D eigenvalue weighted by Crippen LogP contribution is 2.29. The van der Waals surface area contributed by atoms with Crippen molar-refractivity contribution in [2.75, 3.05) is 5.32 Å². The van der Waals surface area contributed by atoms with E-state index in [4.69, 9.17) is 0 Å². The third kappa shape index (κ3) is 1.86. The normalized spacial score (nSPS) is 13.3. The Kier molecular flexibility index (Phi) is 2.37. The minimum Gasteiger partial charge on any atom is -0.326 e. The Balaban J connectivity index is 2.08. The van der Waals surface area contributed by atoms with E-state index in [0.29, 0.717) is 17.5 Å². The van der Waals surface area contributed by atoms with Crippen LogP contribution in [0, 0.1) is 11.6 Å². The van der Waals surface area contributed by atoms with Gasteiger partial charge in [-0.05, 0) is 41.0 Å². The van der Waals surface area contributed by atoms with Gasteiger partial charge in [0.05, 0.1) is 6.42 Å². The van der Waals surface area contributed by atoms with E-state index in [1.807, 2.05) is 0 Å². The van der Waals surface area contributed by atoms with Gasteiger partial charge in [-0.2, -0.15) is 0 Å². The maximum absolute atomic E-state index is 13.1. The van der Waals surface area contributed by atoms with Crippen LogP contribution in [0.5, 0.6) is 0 Å². The molecule has 1 N–H and O–H groups in total. The summed E-state index contributed by atoms with van der Waals surface area (Å²) in [4.78, 5) is 11.2. The Morgan fingerprint density at radius 1 is 0.944 bits per heavy atom. The summed E-state index contributed by atoms with van der Waals surface area (Å²) in [6.45, 7) is 0. The highest BCUT2D eigenvalue weighted by molar-refractivity contribution is 5.99. The fourth-order valence-corrected chi connectivity index (χ4v) is 2.13. The number of fused-ring (bicyclic) bond motifs is 1. The SMILES string of the molecule is O=C1Cc2cc(-c3cc(F)cc(F)c3)ccc2N1. The van der Waals surface area contributed by atoms with Crippen LogP contribution < -0.4 is 5.32 Å². The molecule has 1 heterocycles. The summed E-state index contributed by atoms with van der Waals surface area (Å²) in [5.41, 5.74) is 2.78. The Morgan fingerprint density at radius 3 is 2.39 bits per heavy atom. The summed E-state index contributed by atoms with van der Waals surface area (Å²) in [5, 5.41) is 2.71. The summed E-state index contributed by atoms with van der Waals surface area (Å²) < 4.78 is 26.3. The topological polar surface area (TPSA) is 29.1 Å². The number of halogens is 2. The van der Waals surface area contributed by atoms with Crippen molar-refractivity contribution >= 4 is 11.6 Å². The molecule has 1 aliphatic rings. The van der Waals surface area contributed by atoms with Crippen LogP contribution in [0.15, 0.2) is 36.4 Å². The van der Waals surface area contributed by atoms with Crippen LogP contribution in [0.2, 0.25) is 0 Å². The zero-order valence-corrected chi connectivity index (χ0v) is 9.34. The smallest absolute Gasteiger partial charge is 0.228 e. The average molecular weight is 245 g/mol. The van der Waals surface area contributed by atoms with Crippen molar-refractivity contribution in [2.24, 2.45) is 0 Å². The van der Waals surface area contributed by atoms with Gasteiger partial charge in [0, 0.05) is 11.8 Å². The summed E-state index contributed by atoms with van der Waals surface area (Å²) in [6.07, 6.45) is 0.307. The highest BCUT2D eigenvalue weighted by Gasteiger charge is 2.17. The van der Waals surface area contributed by atoms with Gasteiger partial charge in [-0.25, -0.2) is 8.78 Å².